The molecule has 1 aromatic heterocycles. The van der Waals surface area contributed by atoms with Gasteiger partial charge in [0.2, 0.25) is 5.91 Å². The van der Waals surface area contributed by atoms with E-state index in [1.165, 1.54) is 0 Å². The molecule has 0 saturated heterocycles. The molecule has 0 saturated carbocycles. The number of imide groups is 1. The summed E-state index contributed by atoms with van der Waals surface area (Å²) in [5.41, 5.74) is 0.0389. The summed E-state index contributed by atoms with van der Waals surface area (Å²) in [5.74, 6) is -0.337. The number of rotatable bonds is 8. The molecule has 6 nitrogen and oxygen atoms in total. The van der Waals surface area contributed by atoms with Crippen LogP contribution in [0.15, 0.2) is 17.5 Å². The van der Waals surface area contributed by atoms with Crippen molar-refractivity contribution < 1.29 is 14.7 Å². The average Bonchev–Trinajstić information content (AvgIpc) is 2.94. The highest BCUT2D eigenvalue weighted by molar-refractivity contribution is 7.09. The van der Waals surface area contributed by atoms with Crippen LogP contribution < -0.4 is 10.6 Å². The zero-order valence-corrected chi connectivity index (χ0v) is 14.9. The van der Waals surface area contributed by atoms with Gasteiger partial charge in [-0.2, -0.15) is 0 Å². The van der Waals surface area contributed by atoms with Gasteiger partial charge in [0.1, 0.15) is 0 Å². The van der Waals surface area contributed by atoms with E-state index < -0.39 is 6.03 Å². The lowest BCUT2D eigenvalue weighted by Crippen LogP contribution is -2.46. The van der Waals surface area contributed by atoms with Gasteiger partial charge in [-0.05, 0) is 23.3 Å². The topological polar surface area (TPSA) is 81.7 Å². The number of hydrogen-bond acceptors (Lipinski definition) is 5. The van der Waals surface area contributed by atoms with Crippen LogP contribution in [-0.4, -0.2) is 48.2 Å². The van der Waals surface area contributed by atoms with E-state index in [0.717, 1.165) is 11.4 Å². The van der Waals surface area contributed by atoms with Crippen LogP contribution in [0.4, 0.5) is 4.79 Å². The smallest absolute Gasteiger partial charge is 0.321 e. The van der Waals surface area contributed by atoms with E-state index in [9.17, 15) is 9.59 Å². The molecule has 0 radical (unpaired) electrons. The number of aliphatic hydroxyl groups excluding tert-OH is 1. The minimum Gasteiger partial charge on any atom is -0.396 e. The number of carbonyl (C=O) groups is 2. The third-order valence-corrected chi connectivity index (χ3v) is 3.83. The lowest BCUT2D eigenvalue weighted by Gasteiger charge is -2.29. The first-order valence-corrected chi connectivity index (χ1v) is 8.61. The second kappa shape index (κ2) is 9.64. The highest BCUT2D eigenvalue weighted by atomic mass is 32.1. The van der Waals surface area contributed by atoms with Gasteiger partial charge >= 0.3 is 6.03 Å². The normalized spacial score (nSPS) is 11.5. The third-order valence-electron chi connectivity index (χ3n) is 2.95. The highest BCUT2D eigenvalue weighted by Gasteiger charge is 2.19. The maximum absolute atomic E-state index is 12.0. The summed E-state index contributed by atoms with van der Waals surface area (Å²) in [6, 6.07) is 3.35. The van der Waals surface area contributed by atoms with Crippen molar-refractivity contribution in [2.75, 3.05) is 26.2 Å². The summed E-state index contributed by atoms with van der Waals surface area (Å²) in [6.45, 7) is 8.25. The summed E-state index contributed by atoms with van der Waals surface area (Å²) in [4.78, 5) is 26.7. The number of carbonyl (C=O) groups excluding carboxylic acids is 2. The number of thiophene rings is 1. The summed E-state index contributed by atoms with van der Waals surface area (Å²) in [6.07, 6.45) is 0.605. The van der Waals surface area contributed by atoms with Gasteiger partial charge in [0.25, 0.3) is 0 Å². The molecular weight excluding hydrogens is 314 g/mol. The SMILES string of the molecule is CC(C)(C)CN(CCCO)CC(=O)NC(=O)NCc1cccs1. The molecule has 130 valence electrons. The van der Waals surface area contributed by atoms with Crippen LogP contribution in [0.3, 0.4) is 0 Å². The Kier molecular flexibility index (Phi) is 8.22. The number of aliphatic hydroxyl groups is 1. The van der Waals surface area contributed by atoms with E-state index in [2.05, 4.69) is 31.4 Å². The van der Waals surface area contributed by atoms with Gasteiger partial charge in [-0.15, -0.1) is 11.3 Å². The van der Waals surface area contributed by atoms with Gasteiger partial charge in [0.05, 0.1) is 13.1 Å². The number of amides is 3. The molecule has 0 fully saturated rings. The van der Waals surface area contributed by atoms with Crippen LogP contribution in [0.2, 0.25) is 0 Å². The van der Waals surface area contributed by atoms with E-state index in [-0.39, 0.29) is 24.5 Å². The molecule has 0 aliphatic heterocycles. The maximum Gasteiger partial charge on any atom is 0.321 e. The molecule has 23 heavy (non-hydrogen) atoms. The first-order chi connectivity index (χ1) is 10.8. The first-order valence-electron chi connectivity index (χ1n) is 7.73. The Bertz CT molecular complexity index is 483. The van der Waals surface area contributed by atoms with Crippen molar-refractivity contribution in [3.63, 3.8) is 0 Å². The van der Waals surface area contributed by atoms with Crippen molar-refractivity contribution >= 4 is 23.3 Å². The monoisotopic (exact) mass is 341 g/mol. The molecule has 0 atom stereocenters. The van der Waals surface area contributed by atoms with E-state index in [4.69, 9.17) is 5.11 Å². The minimum absolute atomic E-state index is 0.0389. The largest absolute Gasteiger partial charge is 0.396 e. The van der Waals surface area contributed by atoms with Gasteiger partial charge < -0.3 is 10.4 Å². The van der Waals surface area contributed by atoms with Gasteiger partial charge in [-0.1, -0.05) is 26.8 Å². The van der Waals surface area contributed by atoms with Gasteiger partial charge in [0, 0.05) is 24.6 Å². The molecule has 0 aliphatic rings. The Hall–Kier alpha value is -1.44. The number of nitrogens with one attached hydrogen (secondary N) is 2. The second-order valence-electron chi connectivity index (χ2n) is 6.66. The zero-order chi connectivity index (χ0) is 17.3. The van der Waals surface area contributed by atoms with Crippen molar-refractivity contribution in [2.24, 2.45) is 5.41 Å². The van der Waals surface area contributed by atoms with Crippen molar-refractivity contribution in [1.82, 2.24) is 15.5 Å². The average molecular weight is 341 g/mol. The first kappa shape index (κ1) is 19.6. The summed E-state index contributed by atoms with van der Waals surface area (Å²) < 4.78 is 0. The highest BCUT2D eigenvalue weighted by Crippen LogP contribution is 2.15. The number of nitrogens with zero attached hydrogens (tertiary/aromatic N) is 1. The molecule has 0 aromatic carbocycles. The van der Waals surface area contributed by atoms with E-state index >= 15 is 0 Å². The molecule has 1 rings (SSSR count). The fraction of sp³-hybridized carbons (Fsp3) is 0.625. The Morgan fingerprint density at radius 3 is 2.65 bits per heavy atom. The lowest BCUT2D eigenvalue weighted by molar-refractivity contribution is -0.121. The molecule has 1 aromatic rings. The second-order valence-corrected chi connectivity index (χ2v) is 7.69. The Morgan fingerprint density at radius 2 is 2.09 bits per heavy atom. The van der Waals surface area contributed by atoms with E-state index in [0.29, 0.717) is 19.5 Å². The van der Waals surface area contributed by atoms with E-state index in [1.54, 1.807) is 11.3 Å². The molecule has 0 unspecified atom stereocenters. The van der Waals surface area contributed by atoms with Crippen LogP contribution in [-0.2, 0) is 11.3 Å². The minimum atomic E-state index is -0.485. The van der Waals surface area contributed by atoms with Crippen LogP contribution in [0.5, 0.6) is 0 Å². The standard InChI is InChI=1S/C16H27N3O3S/c1-16(2,3)12-19(7-5-8-20)11-14(21)18-15(22)17-10-13-6-4-9-23-13/h4,6,9,20H,5,7-8,10-12H2,1-3H3,(H2,17,18,21,22). The zero-order valence-electron chi connectivity index (χ0n) is 14.1. The van der Waals surface area contributed by atoms with Gasteiger partial charge in [0.15, 0.2) is 0 Å². The van der Waals surface area contributed by atoms with Crippen molar-refractivity contribution in [3.05, 3.63) is 22.4 Å². The molecular formula is C16H27N3O3S. The lowest BCUT2D eigenvalue weighted by atomic mass is 9.96. The molecule has 3 N–H and O–H groups in total. The molecule has 0 aliphatic carbocycles. The fourth-order valence-electron chi connectivity index (χ4n) is 2.17. The maximum atomic E-state index is 12.0. The molecule has 0 bridgehead atoms. The number of hydrogen-bond donors (Lipinski definition) is 3. The van der Waals surface area contributed by atoms with Gasteiger partial charge in [-0.3, -0.25) is 15.0 Å². The van der Waals surface area contributed by atoms with Crippen molar-refractivity contribution in [1.29, 1.82) is 0 Å². The summed E-state index contributed by atoms with van der Waals surface area (Å²) in [7, 11) is 0. The third kappa shape index (κ3) is 9.32. The number of urea groups is 1. The van der Waals surface area contributed by atoms with Crippen LogP contribution in [0.1, 0.15) is 32.1 Å². The van der Waals surface area contributed by atoms with Crippen molar-refractivity contribution in [3.8, 4) is 0 Å². The predicted molar refractivity (Wildman–Crippen MR) is 92.3 cm³/mol. The summed E-state index contributed by atoms with van der Waals surface area (Å²) >= 11 is 1.55. The van der Waals surface area contributed by atoms with Crippen LogP contribution in [0, 0.1) is 5.41 Å². The van der Waals surface area contributed by atoms with Gasteiger partial charge in [-0.25, -0.2) is 4.79 Å². The molecule has 7 heteroatoms. The quantitative estimate of drug-likeness (QED) is 0.673. The molecule has 3 amide bonds. The Morgan fingerprint density at radius 1 is 1.35 bits per heavy atom. The Labute approximate surface area is 141 Å². The fourth-order valence-corrected chi connectivity index (χ4v) is 2.82. The summed E-state index contributed by atoms with van der Waals surface area (Å²) in [5, 5.41) is 15.9. The molecule has 1 heterocycles. The predicted octanol–water partition coefficient (Wildman–Crippen LogP) is 1.80. The van der Waals surface area contributed by atoms with Crippen molar-refractivity contribution in [2.45, 2.75) is 33.7 Å². The molecule has 0 spiro atoms. The Balaban J connectivity index is 2.39. The van der Waals surface area contributed by atoms with Crippen LogP contribution in [0.25, 0.3) is 0 Å². The van der Waals surface area contributed by atoms with E-state index in [1.807, 2.05) is 22.4 Å². The van der Waals surface area contributed by atoms with Crippen LogP contribution >= 0.6 is 11.3 Å².